The van der Waals surface area contributed by atoms with Crippen LogP contribution in [0.25, 0.3) is 0 Å². The summed E-state index contributed by atoms with van der Waals surface area (Å²) in [5.41, 5.74) is 0. The van der Waals surface area contributed by atoms with E-state index in [2.05, 4.69) is 24.1 Å². The Morgan fingerprint density at radius 1 is 1.19 bits per heavy atom. The van der Waals surface area contributed by atoms with Gasteiger partial charge in [0.05, 0.1) is 0 Å². The second kappa shape index (κ2) is 13.4. The molecule has 1 unspecified atom stereocenters. The zero-order valence-corrected chi connectivity index (χ0v) is 13.8. The lowest BCUT2D eigenvalue weighted by molar-refractivity contribution is 0.126. The van der Waals surface area contributed by atoms with E-state index in [0.717, 1.165) is 26.1 Å². The van der Waals surface area contributed by atoms with Gasteiger partial charge in [-0.2, -0.15) is 0 Å². The lowest BCUT2D eigenvalue weighted by Crippen LogP contribution is -2.31. The molecule has 0 aromatic heterocycles. The minimum atomic E-state index is -0.357. The summed E-state index contributed by atoms with van der Waals surface area (Å²) in [6.45, 7) is 11.8. The Bertz CT molecular complexity index is 345. The molecule has 0 aromatic carbocycles. The van der Waals surface area contributed by atoms with Crippen LogP contribution in [-0.2, 0) is 4.74 Å². The summed E-state index contributed by atoms with van der Waals surface area (Å²) in [5, 5.41) is 2.78. The van der Waals surface area contributed by atoms with E-state index in [1.807, 2.05) is 50.3 Å². The number of rotatable bonds is 10. The number of hydrogen-bond donors (Lipinski definition) is 1. The van der Waals surface area contributed by atoms with Gasteiger partial charge in [0.15, 0.2) is 0 Å². The minimum Gasteiger partial charge on any atom is -0.442 e. The van der Waals surface area contributed by atoms with Crippen LogP contribution in [-0.4, -0.2) is 43.3 Å². The molecule has 0 spiro atoms. The third kappa shape index (κ3) is 11.9. The van der Waals surface area contributed by atoms with Gasteiger partial charge in [0, 0.05) is 6.54 Å². The second-order valence-electron chi connectivity index (χ2n) is 4.71. The maximum absolute atomic E-state index is 11.6. The average molecular weight is 294 g/mol. The Balaban J connectivity index is 3.78. The van der Waals surface area contributed by atoms with Gasteiger partial charge in [-0.25, -0.2) is 4.79 Å². The zero-order chi connectivity index (χ0) is 15.9. The van der Waals surface area contributed by atoms with Gasteiger partial charge in [-0.05, 0) is 46.0 Å². The summed E-state index contributed by atoms with van der Waals surface area (Å²) < 4.78 is 5.21. The van der Waals surface area contributed by atoms with Gasteiger partial charge in [-0.3, -0.25) is 0 Å². The summed E-state index contributed by atoms with van der Waals surface area (Å²) in [7, 11) is 0. The molecule has 0 fully saturated rings. The molecule has 0 radical (unpaired) electrons. The molecule has 0 bridgehead atoms. The fourth-order valence-electron chi connectivity index (χ4n) is 1.74. The lowest BCUT2D eigenvalue weighted by Gasteiger charge is -2.17. The van der Waals surface area contributed by atoms with Crippen molar-refractivity contribution < 1.29 is 9.53 Å². The number of nitrogens with zero attached hydrogens (tertiary/aromatic N) is 1. The van der Waals surface area contributed by atoms with Crippen LogP contribution in [0.3, 0.4) is 0 Å². The van der Waals surface area contributed by atoms with Crippen LogP contribution in [0.4, 0.5) is 4.79 Å². The van der Waals surface area contributed by atoms with Gasteiger partial charge in [0.25, 0.3) is 0 Å². The normalized spacial score (nSPS) is 13.6. The topological polar surface area (TPSA) is 41.6 Å². The molecule has 4 nitrogen and oxygen atoms in total. The number of amides is 1. The van der Waals surface area contributed by atoms with Crippen molar-refractivity contribution >= 4 is 6.09 Å². The Kier molecular flexibility index (Phi) is 12.4. The fourth-order valence-corrected chi connectivity index (χ4v) is 1.74. The molecule has 0 aliphatic heterocycles. The predicted octanol–water partition coefficient (Wildman–Crippen LogP) is 3.52. The van der Waals surface area contributed by atoms with Crippen molar-refractivity contribution in [1.82, 2.24) is 10.2 Å². The number of ether oxygens (including phenoxy) is 1. The van der Waals surface area contributed by atoms with Crippen molar-refractivity contribution in [3.8, 4) is 0 Å². The number of carbonyl (C=O) groups excluding carboxylic acids is 1. The van der Waals surface area contributed by atoms with Gasteiger partial charge >= 0.3 is 6.09 Å². The number of hydrogen-bond acceptors (Lipinski definition) is 3. The summed E-state index contributed by atoms with van der Waals surface area (Å²) >= 11 is 0. The van der Waals surface area contributed by atoms with E-state index in [1.165, 1.54) is 0 Å². The Morgan fingerprint density at radius 3 is 2.48 bits per heavy atom. The molecule has 0 saturated carbocycles. The van der Waals surface area contributed by atoms with Crippen molar-refractivity contribution in [3.05, 3.63) is 36.5 Å². The zero-order valence-electron chi connectivity index (χ0n) is 13.8. The van der Waals surface area contributed by atoms with Crippen LogP contribution in [0, 0.1) is 0 Å². The Labute approximate surface area is 129 Å². The molecule has 0 aromatic rings. The van der Waals surface area contributed by atoms with Gasteiger partial charge in [-0.15, -0.1) is 0 Å². The third-order valence-corrected chi connectivity index (χ3v) is 3.02. The molecule has 21 heavy (non-hydrogen) atoms. The highest BCUT2D eigenvalue weighted by Gasteiger charge is 2.05. The third-order valence-electron chi connectivity index (χ3n) is 3.02. The number of alkyl carbamates (subject to hydrolysis) is 1. The van der Waals surface area contributed by atoms with Crippen molar-refractivity contribution in [2.24, 2.45) is 0 Å². The van der Waals surface area contributed by atoms with Gasteiger partial charge < -0.3 is 15.0 Å². The smallest absolute Gasteiger partial charge is 0.407 e. The largest absolute Gasteiger partial charge is 0.442 e. The monoisotopic (exact) mass is 294 g/mol. The average Bonchev–Trinajstić information content (AvgIpc) is 2.47. The first-order valence-corrected chi connectivity index (χ1v) is 7.77. The van der Waals surface area contributed by atoms with Gasteiger partial charge in [0.1, 0.15) is 6.10 Å². The fraction of sp³-hybridized carbons (Fsp3) is 0.588. The van der Waals surface area contributed by atoms with Crippen LogP contribution in [0.15, 0.2) is 36.5 Å². The van der Waals surface area contributed by atoms with E-state index in [4.69, 9.17) is 4.74 Å². The molecule has 1 atom stereocenters. The second-order valence-corrected chi connectivity index (χ2v) is 4.71. The minimum absolute atomic E-state index is 0.233. The molecule has 120 valence electrons. The maximum atomic E-state index is 11.6. The molecule has 0 aliphatic carbocycles. The van der Waals surface area contributed by atoms with E-state index in [1.54, 1.807) is 0 Å². The SMILES string of the molecule is C\C=C/C=C\C=C/C(C)OC(=O)NCCCN(CC)CC. The quantitative estimate of drug-likeness (QED) is 0.495. The van der Waals surface area contributed by atoms with Gasteiger partial charge in [0.2, 0.25) is 0 Å². The van der Waals surface area contributed by atoms with E-state index < -0.39 is 0 Å². The number of allylic oxidation sites excluding steroid dienone is 5. The molecule has 1 N–H and O–H groups in total. The first-order valence-electron chi connectivity index (χ1n) is 7.77. The first kappa shape index (κ1) is 19.4. The molecule has 1 amide bonds. The van der Waals surface area contributed by atoms with Crippen LogP contribution in [0.2, 0.25) is 0 Å². The van der Waals surface area contributed by atoms with Crippen LogP contribution < -0.4 is 5.32 Å². The van der Waals surface area contributed by atoms with E-state index in [0.29, 0.717) is 6.54 Å². The van der Waals surface area contributed by atoms with Crippen molar-refractivity contribution in [3.63, 3.8) is 0 Å². The predicted molar refractivity (Wildman–Crippen MR) is 89.4 cm³/mol. The van der Waals surface area contributed by atoms with E-state index >= 15 is 0 Å². The van der Waals surface area contributed by atoms with Crippen molar-refractivity contribution in [2.75, 3.05) is 26.2 Å². The molecular formula is C17H30N2O2. The molecular weight excluding hydrogens is 264 g/mol. The number of nitrogens with one attached hydrogen (secondary N) is 1. The highest BCUT2D eigenvalue weighted by atomic mass is 16.6. The van der Waals surface area contributed by atoms with Crippen LogP contribution in [0.5, 0.6) is 0 Å². The van der Waals surface area contributed by atoms with Gasteiger partial charge in [-0.1, -0.05) is 44.2 Å². The van der Waals surface area contributed by atoms with E-state index in [-0.39, 0.29) is 12.2 Å². The van der Waals surface area contributed by atoms with Crippen molar-refractivity contribution in [1.29, 1.82) is 0 Å². The molecule has 0 heterocycles. The highest BCUT2D eigenvalue weighted by Crippen LogP contribution is 1.95. The Morgan fingerprint density at radius 2 is 1.86 bits per heavy atom. The molecule has 0 saturated heterocycles. The highest BCUT2D eigenvalue weighted by molar-refractivity contribution is 5.67. The first-order chi connectivity index (χ1) is 10.1. The number of carbonyl (C=O) groups is 1. The van der Waals surface area contributed by atoms with Crippen LogP contribution in [0.1, 0.15) is 34.1 Å². The molecule has 0 rings (SSSR count). The van der Waals surface area contributed by atoms with Crippen LogP contribution >= 0.6 is 0 Å². The van der Waals surface area contributed by atoms with Crippen molar-refractivity contribution in [2.45, 2.75) is 40.2 Å². The molecule has 0 aliphatic rings. The van der Waals surface area contributed by atoms with E-state index in [9.17, 15) is 4.79 Å². The maximum Gasteiger partial charge on any atom is 0.407 e. The summed E-state index contributed by atoms with van der Waals surface area (Å²) in [6.07, 6.45) is 11.8. The summed E-state index contributed by atoms with van der Waals surface area (Å²) in [5.74, 6) is 0. The summed E-state index contributed by atoms with van der Waals surface area (Å²) in [6, 6.07) is 0. The summed E-state index contributed by atoms with van der Waals surface area (Å²) in [4.78, 5) is 13.9. The molecule has 4 heteroatoms. The lowest BCUT2D eigenvalue weighted by atomic mass is 10.3. The Hall–Kier alpha value is -1.55. The standard InChI is InChI=1S/C17H30N2O2/c1-5-8-9-10-11-13-16(4)21-17(20)18-14-12-15-19(6-2)7-3/h5,8-11,13,16H,6-7,12,14-15H2,1-4H3,(H,18,20)/b8-5-,10-9-,13-11-.